The summed E-state index contributed by atoms with van der Waals surface area (Å²) in [6.07, 6.45) is 0. The zero-order valence-corrected chi connectivity index (χ0v) is 14.1. The number of carbonyl (C=O) groups excluding carboxylic acids is 1. The molecule has 23 heavy (non-hydrogen) atoms. The molecule has 0 aliphatic carbocycles. The molecule has 1 heterocycles. The van der Waals surface area contributed by atoms with Crippen LogP contribution in [0.1, 0.15) is 10.4 Å². The van der Waals surface area contributed by atoms with Gasteiger partial charge in [0.05, 0.1) is 32.9 Å². The SMILES string of the molecule is COC(=O)c1ccc(OCCOCC[NH+]2CC[NH+](C)CC2)cc1. The van der Waals surface area contributed by atoms with Crippen molar-refractivity contribution in [1.82, 2.24) is 0 Å². The van der Waals surface area contributed by atoms with Crippen molar-refractivity contribution in [2.45, 2.75) is 0 Å². The smallest absolute Gasteiger partial charge is 0.337 e. The van der Waals surface area contributed by atoms with Crippen molar-refractivity contribution in [2.75, 3.05) is 66.7 Å². The molecular weight excluding hydrogens is 296 g/mol. The number of piperazine rings is 1. The second-order valence-electron chi connectivity index (χ2n) is 5.93. The normalized spacial score (nSPS) is 21.0. The van der Waals surface area contributed by atoms with Gasteiger partial charge in [-0.25, -0.2) is 4.79 Å². The highest BCUT2D eigenvalue weighted by Gasteiger charge is 2.18. The molecule has 0 aromatic heterocycles. The second-order valence-corrected chi connectivity index (χ2v) is 5.93. The van der Waals surface area contributed by atoms with Gasteiger partial charge in [0.25, 0.3) is 0 Å². The van der Waals surface area contributed by atoms with E-state index in [9.17, 15) is 4.79 Å². The fourth-order valence-corrected chi connectivity index (χ4v) is 2.62. The second kappa shape index (κ2) is 9.50. The van der Waals surface area contributed by atoms with E-state index < -0.39 is 0 Å². The Hall–Kier alpha value is -1.63. The predicted molar refractivity (Wildman–Crippen MR) is 86.3 cm³/mol. The van der Waals surface area contributed by atoms with Crippen LogP contribution < -0.4 is 14.5 Å². The van der Waals surface area contributed by atoms with E-state index in [4.69, 9.17) is 9.47 Å². The first-order chi connectivity index (χ1) is 11.2. The van der Waals surface area contributed by atoms with Crippen molar-refractivity contribution in [2.24, 2.45) is 0 Å². The summed E-state index contributed by atoms with van der Waals surface area (Å²) >= 11 is 0. The van der Waals surface area contributed by atoms with Crippen LogP contribution in [0.25, 0.3) is 0 Å². The molecule has 6 heteroatoms. The fraction of sp³-hybridized carbons (Fsp3) is 0.588. The van der Waals surface area contributed by atoms with Crippen LogP contribution in [-0.4, -0.2) is 72.7 Å². The lowest BCUT2D eigenvalue weighted by Gasteiger charge is -2.27. The molecule has 6 nitrogen and oxygen atoms in total. The molecule has 0 amide bonds. The van der Waals surface area contributed by atoms with Crippen LogP contribution in [-0.2, 0) is 9.47 Å². The van der Waals surface area contributed by atoms with Crippen LogP contribution in [0.2, 0.25) is 0 Å². The topological polar surface area (TPSA) is 53.6 Å². The van der Waals surface area contributed by atoms with Gasteiger partial charge in [-0.2, -0.15) is 0 Å². The number of quaternary nitrogens is 2. The Balaban J connectivity index is 1.54. The largest absolute Gasteiger partial charge is 0.491 e. The molecule has 1 aromatic rings. The Labute approximate surface area is 137 Å². The number of ether oxygens (including phenoxy) is 3. The van der Waals surface area contributed by atoms with E-state index in [1.165, 1.54) is 33.3 Å². The van der Waals surface area contributed by atoms with Gasteiger partial charge in [0.15, 0.2) is 0 Å². The third-order valence-electron chi connectivity index (χ3n) is 4.18. The minimum Gasteiger partial charge on any atom is -0.491 e. The maximum atomic E-state index is 11.3. The van der Waals surface area contributed by atoms with E-state index >= 15 is 0 Å². The van der Waals surface area contributed by atoms with Gasteiger partial charge >= 0.3 is 5.97 Å². The molecule has 0 spiro atoms. The summed E-state index contributed by atoms with van der Waals surface area (Å²) in [5.41, 5.74) is 0.521. The van der Waals surface area contributed by atoms with Crippen molar-refractivity contribution >= 4 is 5.97 Å². The van der Waals surface area contributed by atoms with Crippen LogP contribution in [0.15, 0.2) is 24.3 Å². The van der Waals surface area contributed by atoms with E-state index in [2.05, 4.69) is 11.8 Å². The summed E-state index contributed by atoms with van der Waals surface area (Å²) in [6, 6.07) is 6.92. The molecule has 128 valence electrons. The number of methoxy groups -OCH3 is 1. The van der Waals surface area contributed by atoms with Gasteiger partial charge in [0.2, 0.25) is 0 Å². The van der Waals surface area contributed by atoms with Crippen LogP contribution >= 0.6 is 0 Å². The standard InChI is InChI=1S/C17H26N2O4/c1-18-7-9-19(10-8-18)11-12-22-13-14-23-16-5-3-15(4-6-16)17(20)21-2/h3-6H,7-14H2,1-2H3/p+2. The quantitative estimate of drug-likeness (QED) is 0.441. The molecule has 1 aromatic carbocycles. The number of hydrogen-bond acceptors (Lipinski definition) is 4. The number of benzene rings is 1. The van der Waals surface area contributed by atoms with Gasteiger partial charge in [-0.1, -0.05) is 0 Å². The van der Waals surface area contributed by atoms with Crippen LogP contribution in [0.3, 0.4) is 0 Å². The monoisotopic (exact) mass is 324 g/mol. The highest BCUT2D eigenvalue weighted by molar-refractivity contribution is 5.89. The third kappa shape index (κ3) is 6.17. The van der Waals surface area contributed by atoms with Crippen molar-refractivity contribution in [3.8, 4) is 5.75 Å². The van der Waals surface area contributed by atoms with Gasteiger partial charge in [-0.05, 0) is 24.3 Å². The average molecular weight is 324 g/mol. The first-order valence-corrected chi connectivity index (χ1v) is 8.23. The molecule has 2 rings (SSSR count). The Morgan fingerprint density at radius 3 is 2.39 bits per heavy atom. The lowest BCUT2D eigenvalue weighted by Crippen LogP contribution is -3.27. The number of rotatable bonds is 8. The molecular formula is C17H28N2O4+2. The van der Waals surface area contributed by atoms with Gasteiger partial charge in [-0.3, -0.25) is 0 Å². The predicted octanol–water partition coefficient (Wildman–Crippen LogP) is -1.72. The minimum atomic E-state index is -0.340. The molecule has 1 aliphatic rings. The maximum absolute atomic E-state index is 11.3. The fourth-order valence-electron chi connectivity index (χ4n) is 2.62. The van der Waals surface area contributed by atoms with Crippen LogP contribution in [0.4, 0.5) is 0 Å². The number of nitrogens with one attached hydrogen (secondary N) is 2. The first-order valence-electron chi connectivity index (χ1n) is 8.23. The van der Waals surface area contributed by atoms with E-state index in [1.54, 1.807) is 34.1 Å². The zero-order valence-electron chi connectivity index (χ0n) is 14.1. The Bertz CT molecular complexity index is 470. The summed E-state index contributed by atoms with van der Waals surface area (Å²) in [7, 11) is 3.62. The number of likely N-dealkylation sites (N-methyl/N-ethyl adjacent to an activating group) is 1. The first kappa shape index (κ1) is 17.7. The molecule has 2 N–H and O–H groups in total. The lowest BCUT2D eigenvalue weighted by atomic mass is 10.2. The molecule has 0 bridgehead atoms. The molecule has 0 atom stereocenters. The van der Waals surface area contributed by atoms with Crippen molar-refractivity contribution in [1.29, 1.82) is 0 Å². The number of carbonyl (C=O) groups is 1. The van der Waals surface area contributed by atoms with Gasteiger partial charge in [0, 0.05) is 0 Å². The van der Waals surface area contributed by atoms with E-state index in [1.807, 2.05) is 0 Å². The van der Waals surface area contributed by atoms with Gasteiger partial charge in [0.1, 0.15) is 45.1 Å². The molecule has 0 radical (unpaired) electrons. The molecule has 1 fully saturated rings. The summed E-state index contributed by atoms with van der Waals surface area (Å²) < 4.78 is 15.9. The van der Waals surface area contributed by atoms with Crippen molar-refractivity contribution < 1.29 is 28.8 Å². The van der Waals surface area contributed by atoms with E-state index in [0.717, 1.165) is 18.9 Å². The minimum absolute atomic E-state index is 0.340. The van der Waals surface area contributed by atoms with Gasteiger partial charge < -0.3 is 24.0 Å². The Kier molecular flexibility index (Phi) is 7.32. The van der Waals surface area contributed by atoms with Crippen molar-refractivity contribution in [3.05, 3.63) is 29.8 Å². The van der Waals surface area contributed by atoms with Crippen LogP contribution in [0.5, 0.6) is 5.75 Å². The maximum Gasteiger partial charge on any atom is 0.337 e. The summed E-state index contributed by atoms with van der Waals surface area (Å²) in [4.78, 5) is 14.6. The summed E-state index contributed by atoms with van der Waals surface area (Å²) in [5.74, 6) is 0.391. The highest BCUT2D eigenvalue weighted by atomic mass is 16.5. The van der Waals surface area contributed by atoms with Crippen molar-refractivity contribution in [3.63, 3.8) is 0 Å². The highest BCUT2D eigenvalue weighted by Crippen LogP contribution is 2.12. The Morgan fingerprint density at radius 2 is 1.74 bits per heavy atom. The molecule has 0 saturated carbocycles. The average Bonchev–Trinajstić information content (AvgIpc) is 2.59. The molecule has 1 aliphatic heterocycles. The Morgan fingerprint density at radius 1 is 1.04 bits per heavy atom. The third-order valence-corrected chi connectivity index (χ3v) is 4.18. The van der Waals surface area contributed by atoms with Crippen LogP contribution in [0, 0.1) is 0 Å². The lowest BCUT2D eigenvalue weighted by molar-refractivity contribution is -1.00. The molecule has 1 saturated heterocycles. The summed E-state index contributed by atoms with van der Waals surface area (Å²) in [6.45, 7) is 7.91. The van der Waals surface area contributed by atoms with E-state index in [0.29, 0.717) is 18.8 Å². The molecule has 0 unspecified atom stereocenters. The number of esters is 1. The summed E-state index contributed by atoms with van der Waals surface area (Å²) in [5, 5.41) is 0. The zero-order chi connectivity index (χ0) is 16.5. The van der Waals surface area contributed by atoms with E-state index in [-0.39, 0.29) is 5.97 Å². The van der Waals surface area contributed by atoms with Gasteiger partial charge in [-0.15, -0.1) is 0 Å². The number of hydrogen-bond donors (Lipinski definition) is 2.